The Morgan fingerprint density at radius 2 is 1.91 bits per heavy atom. The van der Waals surface area contributed by atoms with Gasteiger partial charge >= 0.3 is 0 Å². The molecule has 1 unspecified atom stereocenters. The predicted octanol–water partition coefficient (Wildman–Crippen LogP) is 3.08. The number of hydrogen-bond acceptors (Lipinski definition) is 3. The lowest BCUT2D eigenvalue weighted by molar-refractivity contribution is -0.121. The average molecular weight is 342 g/mol. The molecular weight excluding hydrogens is 317 g/mol. The van der Waals surface area contributed by atoms with E-state index in [0.717, 1.165) is 32.7 Å². The van der Waals surface area contributed by atoms with E-state index in [4.69, 9.17) is 11.6 Å². The molecule has 1 aliphatic heterocycles. The third-order valence-electron chi connectivity index (χ3n) is 4.14. The van der Waals surface area contributed by atoms with Gasteiger partial charge in [-0.25, -0.2) is 4.39 Å². The van der Waals surface area contributed by atoms with Gasteiger partial charge in [0.05, 0.1) is 11.7 Å². The van der Waals surface area contributed by atoms with Crippen molar-refractivity contribution in [2.24, 2.45) is 5.92 Å². The van der Waals surface area contributed by atoms with Crippen molar-refractivity contribution in [1.82, 2.24) is 9.80 Å². The van der Waals surface area contributed by atoms with Gasteiger partial charge in [0.25, 0.3) is 0 Å². The highest BCUT2D eigenvalue weighted by atomic mass is 35.5. The fourth-order valence-corrected chi connectivity index (χ4v) is 3.02. The maximum Gasteiger partial charge on any atom is 0.241 e. The van der Waals surface area contributed by atoms with Crippen LogP contribution in [0.5, 0.6) is 0 Å². The molecule has 128 valence electrons. The number of piperazine rings is 1. The maximum atomic E-state index is 13.7. The summed E-state index contributed by atoms with van der Waals surface area (Å²) in [6.45, 7) is 11.0. The number of carbonyl (C=O) groups is 1. The van der Waals surface area contributed by atoms with Gasteiger partial charge < -0.3 is 10.2 Å². The van der Waals surface area contributed by atoms with Crippen LogP contribution >= 0.6 is 11.6 Å². The molecule has 23 heavy (non-hydrogen) atoms. The molecule has 1 N–H and O–H groups in total. The van der Waals surface area contributed by atoms with Crippen LogP contribution in [0.15, 0.2) is 18.2 Å². The molecule has 4 nitrogen and oxygen atoms in total. The molecule has 1 amide bonds. The highest BCUT2D eigenvalue weighted by Crippen LogP contribution is 2.20. The van der Waals surface area contributed by atoms with Gasteiger partial charge in [-0.2, -0.15) is 0 Å². The van der Waals surface area contributed by atoms with Crippen LogP contribution in [0, 0.1) is 11.7 Å². The Bertz CT molecular complexity index is 545. The lowest BCUT2D eigenvalue weighted by Crippen LogP contribution is -2.53. The van der Waals surface area contributed by atoms with Gasteiger partial charge in [-0.15, -0.1) is 0 Å². The standard InChI is InChI=1S/C17H25ClFN3O/c1-12(2)11-21-6-8-22(9-7-21)13(3)17(23)20-16-10-14(18)4-5-15(16)19/h4-5,10,12-13H,6-9,11H2,1-3H3,(H,20,23). The van der Waals surface area contributed by atoms with E-state index in [2.05, 4.69) is 29.0 Å². The zero-order chi connectivity index (χ0) is 17.0. The number of hydrogen-bond donors (Lipinski definition) is 1. The van der Waals surface area contributed by atoms with Crippen molar-refractivity contribution < 1.29 is 9.18 Å². The number of carbonyl (C=O) groups excluding carboxylic acids is 1. The van der Waals surface area contributed by atoms with Crippen LogP contribution in [-0.4, -0.2) is 54.5 Å². The summed E-state index contributed by atoms with van der Waals surface area (Å²) in [4.78, 5) is 16.9. The van der Waals surface area contributed by atoms with E-state index in [9.17, 15) is 9.18 Å². The van der Waals surface area contributed by atoms with Crippen molar-refractivity contribution in [1.29, 1.82) is 0 Å². The van der Waals surface area contributed by atoms with Crippen LogP contribution in [0.4, 0.5) is 10.1 Å². The van der Waals surface area contributed by atoms with Gasteiger partial charge in [-0.1, -0.05) is 25.4 Å². The van der Waals surface area contributed by atoms with E-state index < -0.39 is 5.82 Å². The molecule has 0 aliphatic carbocycles. The van der Waals surface area contributed by atoms with Crippen molar-refractivity contribution >= 4 is 23.2 Å². The molecule has 1 saturated heterocycles. The molecule has 1 heterocycles. The molecule has 0 radical (unpaired) electrons. The number of benzene rings is 1. The average Bonchev–Trinajstić information content (AvgIpc) is 2.50. The van der Waals surface area contributed by atoms with Crippen molar-refractivity contribution in [3.05, 3.63) is 29.0 Å². The van der Waals surface area contributed by atoms with E-state index in [1.54, 1.807) is 0 Å². The predicted molar refractivity (Wildman–Crippen MR) is 92.4 cm³/mol. The van der Waals surface area contributed by atoms with E-state index in [-0.39, 0.29) is 17.6 Å². The summed E-state index contributed by atoms with van der Waals surface area (Å²) >= 11 is 5.85. The third kappa shape index (κ3) is 5.16. The zero-order valence-corrected chi connectivity index (χ0v) is 14.7. The molecule has 0 spiro atoms. The lowest BCUT2D eigenvalue weighted by atomic mass is 10.1. The second-order valence-electron chi connectivity index (χ2n) is 6.52. The molecule has 1 atom stereocenters. The zero-order valence-electron chi connectivity index (χ0n) is 14.0. The topological polar surface area (TPSA) is 35.6 Å². The second-order valence-corrected chi connectivity index (χ2v) is 6.96. The summed E-state index contributed by atoms with van der Waals surface area (Å²) in [5.74, 6) is -0.0340. The minimum absolute atomic E-state index is 0.132. The molecule has 6 heteroatoms. The molecule has 1 aromatic rings. The van der Waals surface area contributed by atoms with Gasteiger partial charge in [-0.05, 0) is 31.0 Å². The second kappa shape index (κ2) is 8.08. The Morgan fingerprint density at radius 3 is 2.52 bits per heavy atom. The first kappa shape index (κ1) is 18.2. The Morgan fingerprint density at radius 1 is 1.26 bits per heavy atom. The minimum atomic E-state index is -0.475. The summed E-state index contributed by atoms with van der Waals surface area (Å²) in [6.07, 6.45) is 0. The minimum Gasteiger partial charge on any atom is -0.322 e. The van der Waals surface area contributed by atoms with Crippen molar-refractivity contribution in [3.8, 4) is 0 Å². The van der Waals surface area contributed by atoms with Gasteiger partial charge in [0, 0.05) is 37.7 Å². The monoisotopic (exact) mass is 341 g/mol. The van der Waals surface area contributed by atoms with Crippen molar-refractivity contribution in [3.63, 3.8) is 0 Å². The number of anilines is 1. The number of amides is 1. The first-order valence-corrected chi connectivity index (χ1v) is 8.47. The lowest BCUT2D eigenvalue weighted by Gasteiger charge is -2.38. The highest BCUT2D eigenvalue weighted by Gasteiger charge is 2.26. The Balaban J connectivity index is 1.89. The van der Waals surface area contributed by atoms with Crippen molar-refractivity contribution in [2.45, 2.75) is 26.8 Å². The molecular formula is C17H25ClFN3O. The van der Waals surface area contributed by atoms with Crippen molar-refractivity contribution in [2.75, 3.05) is 38.0 Å². The van der Waals surface area contributed by atoms with Crippen LogP contribution in [0.2, 0.25) is 5.02 Å². The van der Waals surface area contributed by atoms with Crippen LogP contribution in [0.3, 0.4) is 0 Å². The van der Waals surface area contributed by atoms with E-state index in [1.165, 1.54) is 18.2 Å². The maximum absolute atomic E-state index is 13.7. The Hall–Kier alpha value is -1.17. The molecule has 0 bridgehead atoms. The van der Waals surface area contributed by atoms with Gasteiger partial charge in [0.15, 0.2) is 0 Å². The number of rotatable bonds is 5. The fraction of sp³-hybridized carbons (Fsp3) is 0.588. The van der Waals surface area contributed by atoms with Crippen LogP contribution in [0.1, 0.15) is 20.8 Å². The first-order valence-electron chi connectivity index (χ1n) is 8.09. The summed E-state index contributed by atoms with van der Waals surface area (Å²) in [5.41, 5.74) is 0.132. The van der Waals surface area contributed by atoms with Crippen LogP contribution < -0.4 is 5.32 Å². The van der Waals surface area contributed by atoms with Gasteiger partial charge in [0.1, 0.15) is 5.82 Å². The van der Waals surface area contributed by atoms with Gasteiger partial charge in [0.2, 0.25) is 5.91 Å². The highest BCUT2D eigenvalue weighted by molar-refractivity contribution is 6.30. The SMILES string of the molecule is CC(C)CN1CCN(C(C)C(=O)Nc2cc(Cl)ccc2F)CC1. The summed E-state index contributed by atoms with van der Waals surface area (Å²) in [5, 5.41) is 3.04. The van der Waals surface area contributed by atoms with Crippen LogP contribution in [0.25, 0.3) is 0 Å². The third-order valence-corrected chi connectivity index (χ3v) is 4.38. The van der Waals surface area contributed by atoms with E-state index in [1.807, 2.05) is 6.92 Å². The molecule has 1 aromatic carbocycles. The van der Waals surface area contributed by atoms with Crippen LogP contribution in [-0.2, 0) is 4.79 Å². The number of nitrogens with zero attached hydrogens (tertiary/aromatic N) is 2. The summed E-state index contributed by atoms with van der Waals surface area (Å²) in [6, 6.07) is 3.86. The Kier molecular flexibility index (Phi) is 6.39. The molecule has 1 aliphatic rings. The number of nitrogens with one attached hydrogen (secondary N) is 1. The Labute approximate surface area is 142 Å². The van der Waals surface area contributed by atoms with E-state index in [0.29, 0.717) is 10.9 Å². The fourth-order valence-electron chi connectivity index (χ4n) is 2.85. The molecule has 0 saturated carbocycles. The number of halogens is 2. The molecule has 1 fully saturated rings. The molecule has 2 rings (SSSR count). The quantitative estimate of drug-likeness (QED) is 0.894. The first-order chi connectivity index (χ1) is 10.9. The largest absolute Gasteiger partial charge is 0.322 e. The van der Waals surface area contributed by atoms with Gasteiger partial charge in [-0.3, -0.25) is 9.69 Å². The smallest absolute Gasteiger partial charge is 0.241 e. The summed E-state index contributed by atoms with van der Waals surface area (Å²) < 4.78 is 13.7. The normalized spacial score (nSPS) is 18.2. The summed E-state index contributed by atoms with van der Waals surface area (Å²) in [7, 11) is 0. The molecule has 0 aromatic heterocycles. The van der Waals surface area contributed by atoms with E-state index >= 15 is 0 Å².